The number of hydrogen-bond donors (Lipinski definition) is 1. The van der Waals surface area contributed by atoms with Crippen molar-refractivity contribution >= 4 is 35.2 Å². The Morgan fingerprint density at radius 1 is 1.13 bits per heavy atom. The summed E-state index contributed by atoms with van der Waals surface area (Å²) in [5.41, 5.74) is 0.745. The van der Waals surface area contributed by atoms with Gasteiger partial charge in [-0.25, -0.2) is 4.79 Å². The SMILES string of the molecule is C=CCOc1ccc(/C=C/C(=O)OCC(=O)N2c3ccccc3NC(=O)C2(C)C)cc1. The molecule has 1 N–H and O–H groups in total. The second kappa shape index (κ2) is 9.30. The first-order valence-electron chi connectivity index (χ1n) is 9.75. The van der Waals surface area contributed by atoms with E-state index in [1.807, 2.05) is 0 Å². The van der Waals surface area contributed by atoms with Gasteiger partial charge in [-0.15, -0.1) is 0 Å². The van der Waals surface area contributed by atoms with Gasteiger partial charge in [0.2, 0.25) is 5.91 Å². The quantitative estimate of drug-likeness (QED) is 0.421. The number of rotatable bonds is 7. The molecule has 7 heteroatoms. The predicted octanol–water partition coefficient (Wildman–Crippen LogP) is 3.57. The minimum atomic E-state index is -1.12. The van der Waals surface area contributed by atoms with Crippen LogP contribution in [0.25, 0.3) is 6.08 Å². The van der Waals surface area contributed by atoms with Crippen LogP contribution in [0.3, 0.4) is 0 Å². The molecule has 1 heterocycles. The smallest absolute Gasteiger partial charge is 0.331 e. The van der Waals surface area contributed by atoms with Gasteiger partial charge in [0.1, 0.15) is 17.9 Å². The molecule has 2 aromatic carbocycles. The highest BCUT2D eigenvalue weighted by atomic mass is 16.5. The van der Waals surface area contributed by atoms with Crippen LogP contribution in [0.5, 0.6) is 5.75 Å². The van der Waals surface area contributed by atoms with Crippen LogP contribution in [0.15, 0.2) is 67.3 Å². The molecular weight excluding hydrogens is 396 g/mol. The molecule has 3 rings (SSSR count). The first-order chi connectivity index (χ1) is 14.8. The van der Waals surface area contributed by atoms with Crippen LogP contribution in [0.4, 0.5) is 11.4 Å². The summed E-state index contributed by atoms with van der Waals surface area (Å²) < 4.78 is 10.5. The molecule has 160 valence electrons. The first kappa shape index (κ1) is 21.8. The van der Waals surface area contributed by atoms with E-state index in [0.717, 1.165) is 5.56 Å². The summed E-state index contributed by atoms with van der Waals surface area (Å²) in [6.07, 6.45) is 4.48. The van der Waals surface area contributed by atoms with Crippen molar-refractivity contribution in [3.05, 3.63) is 72.8 Å². The monoisotopic (exact) mass is 420 g/mol. The lowest BCUT2D eigenvalue weighted by Gasteiger charge is -2.41. The molecule has 0 bridgehead atoms. The Balaban J connectivity index is 1.62. The Morgan fingerprint density at radius 3 is 2.55 bits per heavy atom. The fourth-order valence-corrected chi connectivity index (χ4v) is 3.14. The van der Waals surface area contributed by atoms with E-state index < -0.39 is 24.0 Å². The minimum Gasteiger partial charge on any atom is -0.490 e. The number of hydrogen-bond acceptors (Lipinski definition) is 5. The molecule has 31 heavy (non-hydrogen) atoms. The van der Waals surface area contributed by atoms with E-state index in [1.54, 1.807) is 74.5 Å². The lowest BCUT2D eigenvalue weighted by molar-refractivity contribution is -0.143. The molecule has 0 unspecified atom stereocenters. The zero-order chi connectivity index (χ0) is 22.4. The van der Waals surface area contributed by atoms with Gasteiger partial charge < -0.3 is 14.8 Å². The lowest BCUT2D eigenvalue weighted by atomic mass is 9.96. The van der Waals surface area contributed by atoms with Gasteiger partial charge in [0.25, 0.3) is 5.91 Å². The largest absolute Gasteiger partial charge is 0.490 e. The lowest BCUT2D eigenvalue weighted by Crippen LogP contribution is -2.59. The van der Waals surface area contributed by atoms with Crippen molar-refractivity contribution in [3.63, 3.8) is 0 Å². The van der Waals surface area contributed by atoms with E-state index in [1.165, 1.54) is 11.0 Å². The summed E-state index contributed by atoms with van der Waals surface area (Å²) in [4.78, 5) is 38.7. The number of amides is 2. The molecule has 0 radical (unpaired) electrons. The second-order valence-corrected chi connectivity index (χ2v) is 7.37. The number of nitrogens with one attached hydrogen (secondary N) is 1. The van der Waals surface area contributed by atoms with Crippen molar-refractivity contribution in [1.29, 1.82) is 0 Å². The Labute approximate surface area is 181 Å². The van der Waals surface area contributed by atoms with E-state index in [2.05, 4.69) is 11.9 Å². The maximum Gasteiger partial charge on any atom is 0.331 e. The van der Waals surface area contributed by atoms with Crippen molar-refractivity contribution in [2.45, 2.75) is 19.4 Å². The van der Waals surface area contributed by atoms with Crippen molar-refractivity contribution in [1.82, 2.24) is 0 Å². The number of ether oxygens (including phenoxy) is 2. The molecular formula is C24H24N2O5. The molecule has 0 atom stereocenters. The highest BCUT2D eigenvalue weighted by Gasteiger charge is 2.43. The summed E-state index contributed by atoms with van der Waals surface area (Å²) in [7, 11) is 0. The molecule has 0 fully saturated rings. The fourth-order valence-electron chi connectivity index (χ4n) is 3.14. The van der Waals surface area contributed by atoms with Gasteiger partial charge in [-0.2, -0.15) is 0 Å². The maximum absolute atomic E-state index is 12.8. The number of fused-ring (bicyclic) bond motifs is 1. The van der Waals surface area contributed by atoms with E-state index in [-0.39, 0.29) is 5.91 Å². The average molecular weight is 420 g/mol. The minimum absolute atomic E-state index is 0.314. The van der Waals surface area contributed by atoms with E-state index in [9.17, 15) is 14.4 Å². The number of anilines is 2. The third-order valence-electron chi connectivity index (χ3n) is 4.75. The highest BCUT2D eigenvalue weighted by molar-refractivity contribution is 6.14. The Hall–Kier alpha value is -3.87. The number of esters is 1. The zero-order valence-corrected chi connectivity index (χ0v) is 17.5. The van der Waals surface area contributed by atoms with Crippen molar-refractivity contribution in [3.8, 4) is 5.75 Å². The van der Waals surface area contributed by atoms with Crippen LogP contribution in [-0.2, 0) is 19.1 Å². The van der Waals surface area contributed by atoms with Crippen LogP contribution in [0.2, 0.25) is 0 Å². The zero-order valence-electron chi connectivity index (χ0n) is 17.5. The maximum atomic E-state index is 12.8. The molecule has 0 saturated carbocycles. The molecule has 2 amide bonds. The first-order valence-corrected chi connectivity index (χ1v) is 9.75. The highest BCUT2D eigenvalue weighted by Crippen LogP contribution is 2.36. The average Bonchev–Trinajstić information content (AvgIpc) is 2.76. The summed E-state index contributed by atoms with van der Waals surface area (Å²) in [5.74, 6) is -0.768. The van der Waals surface area contributed by atoms with Crippen LogP contribution < -0.4 is 15.0 Å². The van der Waals surface area contributed by atoms with Gasteiger partial charge in [0, 0.05) is 6.08 Å². The molecule has 2 aromatic rings. The summed E-state index contributed by atoms with van der Waals surface area (Å²) in [6, 6.07) is 14.1. The van der Waals surface area contributed by atoms with Gasteiger partial charge in [-0.1, -0.05) is 36.9 Å². The third kappa shape index (κ3) is 5.01. The van der Waals surface area contributed by atoms with Crippen molar-refractivity contribution < 1.29 is 23.9 Å². The van der Waals surface area contributed by atoms with Gasteiger partial charge in [-0.05, 0) is 49.8 Å². The van der Waals surface area contributed by atoms with E-state index in [4.69, 9.17) is 9.47 Å². The third-order valence-corrected chi connectivity index (χ3v) is 4.75. The van der Waals surface area contributed by atoms with E-state index >= 15 is 0 Å². The summed E-state index contributed by atoms with van der Waals surface area (Å²) >= 11 is 0. The van der Waals surface area contributed by atoms with Gasteiger partial charge in [0.15, 0.2) is 6.61 Å². The molecule has 0 aromatic heterocycles. The Morgan fingerprint density at radius 2 is 1.84 bits per heavy atom. The molecule has 0 aliphatic carbocycles. The fraction of sp³-hybridized carbons (Fsp3) is 0.208. The van der Waals surface area contributed by atoms with Crippen LogP contribution in [0.1, 0.15) is 19.4 Å². The standard InChI is InChI=1S/C24H24N2O5/c1-4-15-30-18-12-9-17(10-13-18)11-14-22(28)31-16-21(27)26-20-8-6-5-7-19(20)25-23(29)24(26,2)3/h4-14H,1,15-16H2,2-3H3,(H,25,29)/b14-11+. The number of benzene rings is 2. The second-order valence-electron chi connectivity index (χ2n) is 7.37. The van der Waals surface area contributed by atoms with Gasteiger partial charge in [-0.3, -0.25) is 14.5 Å². The molecule has 0 saturated heterocycles. The number of para-hydroxylation sites is 2. The summed E-state index contributed by atoms with van der Waals surface area (Å²) in [5, 5.41) is 2.79. The molecule has 1 aliphatic heterocycles. The summed E-state index contributed by atoms with van der Waals surface area (Å²) in [6.45, 7) is 6.80. The Kier molecular flexibility index (Phi) is 6.55. The number of carbonyl (C=O) groups excluding carboxylic acids is 3. The molecule has 7 nitrogen and oxygen atoms in total. The van der Waals surface area contributed by atoms with Crippen LogP contribution >= 0.6 is 0 Å². The Bertz CT molecular complexity index is 1020. The van der Waals surface area contributed by atoms with Gasteiger partial charge in [0.05, 0.1) is 11.4 Å². The van der Waals surface area contributed by atoms with E-state index in [0.29, 0.717) is 23.7 Å². The van der Waals surface area contributed by atoms with Crippen LogP contribution in [0, 0.1) is 0 Å². The van der Waals surface area contributed by atoms with Crippen LogP contribution in [-0.4, -0.2) is 36.5 Å². The molecule has 1 aliphatic rings. The number of nitrogens with zero attached hydrogens (tertiary/aromatic N) is 1. The number of carbonyl (C=O) groups is 3. The van der Waals surface area contributed by atoms with Crippen molar-refractivity contribution in [2.75, 3.05) is 23.4 Å². The topological polar surface area (TPSA) is 84.9 Å². The van der Waals surface area contributed by atoms with Crippen molar-refractivity contribution in [2.24, 2.45) is 0 Å². The molecule has 0 spiro atoms. The van der Waals surface area contributed by atoms with Gasteiger partial charge >= 0.3 is 5.97 Å². The normalized spacial score (nSPS) is 14.5. The predicted molar refractivity (Wildman–Crippen MR) is 119 cm³/mol.